The molecule has 68 heavy (non-hydrogen) atoms. The first-order valence-corrected chi connectivity index (χ1v) is 23.4. The van der Waals surface area contributed by atoms with Crippen molar-refractivity contribution >= 4 is 71.2 Å². The Labute approximate surface area is 395 Å². The summed E-state index contributed by atoms with van der Waals surface area (Å²) in [5.41, 5.74) is 16.3. The van der Waals surface area contributed by atoms with Gasteiger partial charge in [-0.15, -0.1) is 0 Å². The predicted octanol–water partition coefficient (Wildman–Crippen LogP) is 18.4. The van der Waals surface area contributed by atoms with Gasteiger partial charge < -0.3 is 9.47 Å². The Hall–Kier alpha value is -8.98. The second-order valence-electron chi connectivity index (χ2n) is 17.6. The summed E-state index contributed by atoms with van der Waals surface area (Å²) in [5.74, 6) is 0. The maximum absolute atomic E-state index is 2.45. The summed E-state index contributed by atoms with van der Waals surface area (Å²) >= 11 is 0. The molecule has 0 N–H and O–H groups in total. The SMILES string of the molecule is c1ccc(-c2c(-c3ccccc3)c3cc(N(c4cccc(-c5cccc6ccccc56)c4)c4cccc(-c5cccc6c7ccccc7n(-c7ccccc7)c56)c4)ccc3c3ccccc23)cc1. The van der Waals surface area contributed by atoms with E-state index in [1.54, 1.807) is 0 Å². The molecule has 1 aromatic heterocycles. The fourth-order valence-corrected chi connectivity index (χ4v) is 10.8. The number of nitrogens with zero attached hydrogens (tertiary/aromatic N) is 2. The highest BCUT2D eigenvalue weighted by atomic mass is 15.1. The third-order valence-corrected chi connectivity index (χ3v) is 13.7. The van der Waals surface area contributed by atoms with Gasteiger partial charge in [-0.05, 0) is 126 Å². The molecule has 0 saturated carbocycles. The van der Waals surface area contributed by atoms with Crippen LogP contribution in [0, 0.1) is 0 Å². The Morgan fingerprint density at radius 3 is 1.46 bits per heavy atom. The van der Waals surface area contributed by atoms with Gasteiger partial charge in [0.1, 0.15) is 0 Å². The lowest BCUT2D eigenvalue weighted by Crippen LogP contribution is -2.10. The van der Waals surface area contributed by atoms with Crippen LogP contribution in [0.25, 0.3) is 104 Å². The maximum atomic E-state index is 2.45. The number of para-hydroxylation sites is 3. The molecule has 2 heteroatoms. The van der Waals surface area contributed by atoms with Gasteiger partial charge in [0, 0.05) is 39.1 Å². The Bertz CT molecular complexity index is 4010. The average Bonchev–Trinajstić information content (AvgIpc) is 3.76. The summed E-state index contributed by atoms with van der Waals surface area (Å²) < 4.78 is 2.43. The molecule has 0 saturated heterocycles. The molecule has 0 radical (unpaired) electrons. The molecular weight excluding hydrogens is 821 g/mol. The first kappa shape index (κ1) is 39.4. The Morgan fingerprint density at radius 1 is 0.265 bits per heavy atom. The molecule has 1 heterocycles. The van der Waals surface area contributed by atoms with Crippen LogP contribution in [0.1, 0.15) is 0 Å². The third kappa shape index (κ3) is 6.57. The largest absolute Gasteiger partial charge is 0.310 e. The highest BCUT2D eigenvalue weighted by Gasteiger charge is 2.22. The standard InChI is InChI=1S/C66H44N2/c1-4-21-46(22-5-1)64-60-35-13-12-33-57(60)58-41-40-53(44-62(58)65(64)47-23-6-2-7-24-47)67(51-30-16-26-48(42-51)55-36-18-25-45-20-10-11-32-54(45)55)52-31-17-27-49(43-52)56-37-19-38-61-59-34-14-15-39-63(59)68(66(56)61)50-28-8-3-9-29-50/h1-44H. The normalized spacial score (nSPS) is 11.5. The van der Waals surface area contributed by atoms with Gasteiger partial charge in [-0.25, -0.2) is 0 Å². The molecule has 0 atom stereocenters. The zero-order valence-corrected chi connectivity index (χ0v) is 37.3. The molecule has 13 aromatic rings. The molecule has 0 amide bonds. The quantitative estimate of drug-likeness (QED) is 0.138. The van der Waals surface area contributed by atoms with Gasteiger partial charge in [0.25, 0.3) is 0 Å². The lowest BCUT2D eigenvalue weighted by atomic mass is 9.85. The van der Waals surface area contributed by atoms with Crippen molar-refractivity contribution in [1.29, 1.82) is 0 Å². The van der Waals surface area contributed by atoms with Crippen LogP contribution in [0.4, 0.5) is 17.1 Å². The van der Waals surface area contributed by atoms with Crippen LogP contribution in [0.15, 0.2) is 267 Å². The maximum Gasteiger partial charge on any atom is 0.0619 e. The van der Waals surface area contributed by atoms with Gasteiger partial charge in [0.2, 0.25) is 0 Å². The molecule has 2 nitrogen and oxygen atoms in total. The zero-order valence-electron chi connectivity index (χ0n) is 37.3. The lowest BCUT2D eigenvalue weighted by molar-refractivity contribution is 1.18. The molecule has 0 aliphatic heterocycles. The van der Waals surface area contributed by atoms with Gasteiger partial charge >= 0.3 is 0 Å². The number of benzene rings is 12. The van der Waals surface area contributed by atoms with Crippen molar-refractivity contribution in [3.63, 3.8) is 0 Å². The molecule has 0 unspecified atom stereocenters. The van der Waals surface area contributed by atoms with E-state index < -0.39 is 0 Å². The molecule has 0 aliphatic carbocycles. The van der Waals surface area contributed by atoms with Gasteiger partial charge in [0.15, 0.2) is 0 Å². The van der Waals surface area contributed by atoms with Crippen LogP contribution in [0.2, 0.25) is 0 Å². The average molecular weight is 865 g/mol. The minimum Gasteiger partial charge on any atom is -0.310 e. The van der Waals surface area contributed by atoms with E-state index in [9.17, 15) is 0 Å². The van der Waals surface area contributed by atoms with Crippen molar-refractivity contribution in [2.75, 3.05) is 4.90 Å². The van der Waals surface area contributed by atoms with E-state index in [0.29, 0.717) is 0 Å². The van der Waals surface area contributed by atoms with Crippen molar-refractivity contribution in [3.05, 3.63) is 267 Å². The van der Waals surface area contributed by atoms with E-state index in [0.717, 1.165) is 28.3 Å². The van der Waals surface area contributed by atoms with Gasteiger partial charge in [0.05, 0.1) is 11.0 Å². The van der Waals surface area contributed by atoms with Gasteiger partial charge in [-0.1, -0.05) is 212 Å². The highest BCUT2D eigenvalue weighted by Crippen LogP contribution is 2.48. The van der Waals surface area contributed by atoms with Gasteiger partial charge in [-0.3, -0.25) is 0 Å². The second-order valence-corrected chi connectivity index (χ2v) is 17.6. The van der Waals surface area contributed by atoms with E-state index in [1.165, 1.54) is 93.1 Å². The highest BCUT2D eigenvalue weighted by molar-refractivity contribution is 6.22. The molecule has 318 valence electrons. The minimum absolute atomic E-state index is 1.07. The smallest absolute Gasteiger partial charge is 0.0619 e. The number of aromatic nitrogens is 1. The van der Waals surface area contributed by atoms with Crippen molar-refractivity contribution in [3.8, 4) is 50.2 Å². The second kappa shape index (κ2) is 16.5. The van der Waals surface area contributed by atoms with E-state index in [1.807, 2.05) is 0 Å². The van der Waals surface area contributed by atoms with Crippen LogP contribution in [-0.2, 0) is 0 Å². The predicted molar refractivity (Wildman–Crippen MR) is 290 cm³/mol. The Balaban J connectivity index is 1.08. The summed E-state index contributed by atoms with van der Waals surface area (Å²) in [6.45, 7) is 0. The molecule has 0 bridgehead atoms. The van der Waals surface area contributed by atoms with Crippen molar-refractivity contribution in [1.82, 2.24) is 4.57 Å². The fourth-order valence-electron chi connectivity index (χ4n) is 10.8. The van der Waals surface area contributed by atoms with Crippen molar-refractivity contribution < 1.29 is 0 Å². The Morgan fingerprint density at radius 2 is 0.735 bits per heavy atom. The van der Waals surface area contributed by atoms with Crippen LogP contribution in [-0.4, -0.2) is 4.57 Å². The third-order valence-electron chi connectivity index (χ3n) is 13.7. The van der Waals surface area contributed by atoms with Gasteiger partial charge in [-0.2, -0.15) is 0 Å². The summed E-state index contributed by atoms with van der Waals surface area (Å²) in [6, 6.07) is 97.6. The lowest BCUT2D eigenvalue weighted by Gasteiger charge is -2.28. The van der Waals surface area contributed by atoms with E-state index in [-0.39, 0.29) is 0 Å². The van der Waals surface area contributed by atoms with E-state index >= 15 is 0 Å². The summed E-state index contributed by atoms with van der Waals surface area (Å²) in [6.07, 6.45) is 0. The first-order chi connectivity index (χ1) is 33.8. The summed E-state index contributed by atoms with van der Waals surface area (Å²) in [5, 5.41) is 9.84. The molecule has 12 aromatic carbocycles. The number of rotatable bonds is 8. The first-order valence-electron chi connectivity index (χ1n) is 23.4. The van der Waals surface area contributed by atoms with E-state index in [2.05, 4.69) is 276 Å². The van der Waals surface area contributed by atoms with Crippen LogP contribution in [0.3, 0.4) is 0 Å². The number of fused-ring (bicyclic) bond motifs is 7. The summed E-state index contributed by atoms with van der Waals surface area (Å²) in [4.78, 5) is 2.45. The molecule has 13 rings (SSSR count). The number of hydrogen-bond acceptors (Lipinski definition) is 1. The number of hydrogen-bond donors (Lipinski definition) is 0. The zero-order chi connectivity index (χ0) is 45.0. The number of anilines is 3. The van der Waals surface area contributed by atoms with Crippen LogP contribution in [0.5, 0.6) is 0 Å². The molecule has 0 spiro atoms. The van der Waals surface area contributed by atoms with E-state index in [4.69, 9.17) is 0 Å². The van der Waals surface area contributed by atoms with Crippen molar-refractivity contribution in [2.24, 2.45) is 0 Å². The molecular formula is C66H44N2. The van der Waals surface area contributed by atoms with Crippen molar-refractivity contribution in [2.45, 2.75) is 0 Å². The fraction of sp³-hybridized carbons (Fsp3) is 0. The summed E-state index contributed by atoms with van der Waals surface area (Å²) in [7, 11) is 0. The van der Waals surface area contributed by atoms with Crippen LogP contribution < -0.4 is 4.90 Å². The topological polar surface area (TPSA) is 8.17 Å². The Kier molecular flexibility index (Phi) is 9.54. The molecule has 0 aliphatic rings. The minimum atomic E-state index is 1.07. The van der Waals surface area contributed by atoms with Crippen LogP contribution >= 0.6 is 0 Å². The molecule has 0 fully saturated rings. The monoisotopic (exact) mass is 864 g/mol.